The van der Waals surface area contributed by atoms with Crippen LogP contribution < -0.4 is 0 Å². The summed E-state index contributed by atoms with van der Waals surface area (Å²) in [5.74, 6) is -1.12. The molecule has 0 radical (unpaired) electrons. The predicted octanol–water partition coefficient (Wildman–Crippen LogP) is 9.08. The molecule has 2 fully saturated rings. The number of halogens is 3. The first-order valence-electron chi connectivity index (χ1n) is 12.1. The Kier molecular flexibility index (Phi) is 6.79. The van der Waals surface area contributed by atoms with Crippen LogP contribution in [-0.2, 0) is 5.92 Å². The number of benzene rings is 2. The second kappa shape index (κ2) is 9.38. The summed E-state index contributed by atoms with van der Waals surface area (Å²) in [4.78, 5) is 0. The highest BCUT2D eigenvalue weighted by atomic mass is 19.3. The normalized spacial score (nSPS) is 28.3. The average molecular weight is 429 g/mol. The Balaban J connectivity index is 1.44. The molecule has 0 bridgehead atoms. The van der Waals surface area contributed by atoms with Gasteiger partial charge < -0.3 is 0 Å². The van der Waals surface area contributed by atoms with E-state index in [1.807, 2.05) is 12.1 Å². The molecule has 3 heteroatoms. The molecule has 0 aromatic heterocycles. The maximum absolute atomic E-state index is 15.0. The molecule has 0 amide bonds. The van der Waals surface area contributed by atoms with Crippen molar-refractivity contribution in [2.24, 2.45) is 11.8 Å². The van der Waals surface area contributed by atoms with Crippen molar-refractivity contribution < 1.29 is 13.2 Å². The van der Waals surface area contributed by atoms with Gasteiger partial charge >= 0.3 is 5.92 Å². The van der Waals surface area contributed by atoms with E-state index in [9.17, 15) is 13.2 Å². The zero-order valence-electron chi connectivity index (χ0n) is 18.8. The van der Waals surface area contributed by atoms with Gasteiger partial charge in [0.15, 0.2) is 6.17 Å². The summed E-state index contributed by atoms with van der Waals surface area (Å²) in [5.41, 5.74) is 2.08. The van der Waals surface area contributed by atoms with E-state index in [1.54, 1.807) is 24.3 Å². The van der Waals surface area contributed by atoms with Crippen LogP contribution in [0.25, 0.3) is 0 Å². The summed E-state index contributed by atoms with van der Waals surface area (Å²) in [6.07, 6.45) is 6.90. The fraction of sp³-hybridized carbons (Fsp3) is 0.571. The van der Waals surface area contributed by atoms with Gasteiger partial charge in [-0.15, -0.1) is 0 Å². The lowest BCUT2D eigenvalue weighted by Gasteiger charge is -2.28. The van der Waals surface area contributed by atoms with Crippen LogP contribution in [0.4, 0.5) is 13.2 Å². The fourth-order valence-electron chi connectivity index (χ4n) is 5.46. The molecule has 168 valence electrons. The van der Waals surface area contributed by atoms with Crippen molar-refractivity contribution in [2.75, 3.05) is 0 Å². The Hall–Kier alpha value is -1.77. The zero-order chi connectivity index (χ0) is 22.0. The lowest BCUT2D eigenvalue weighted by atomic mass is 9.79. The maximum Gasteiger partial charge on any atom is 0.307 e. The van der Waals surface area contributed by atoms with Gasteiger partial charge in [0.05, 0.1) is 0 Å². The van der Waals surface area contributed by atoms with Crippen molar-refractivity contribution in [1.82, 2.24) is 0 Å². The van der Waals surface area contributed by atoms with Crippen LogP contribution >= 0.6 is 0 Å². The summed E-state index contributed by atoms with van der Waals surface area (Å²) in [7, 11) is 0. The smallest absolute Gasteiger partial charge is 0.235 e. The van der Waals surface area contributed by atoms with Crippen molar-refractivity contribution in [3.8, 4) is 0 Å². The number of hydrogen-bond acceptors (Lipinski definition) is 0. The van der Waals surface area contributed by atoms with Crippen LogP contribution in [0.2, 0.25) is 0 Å². The molecule has 2 aromatic rings. The molecule has 2 aliphatic carbocycles. The largest absolute Gasteiger partial charge is 0.307 e. The van der Waals surface area contributed by atoms with Crippen LogP contribution in [0.15, 0.2) is 48.5 Å². The Morgan fingerprint density at radius 3 is 1.45 bits per heavy atom. The molecule has 0 nitrogen and oxygen atoms in total. The molecular formula is C28H35F3. The molecule has 0 aliphatic heterocycles. The first kappa shape index (κ1) is 22.4. The van der Waals surface area contributed by atoms with Crippen molar-refractivity contribution in [1.29, 1.82) is 0 Å². The van der Waals surface area contributed by atoms with Crippen molar-refractivity contribution >= 4 is 0 Å². The number of hydrogen-bond donors (Lipinski definition) is 0. The molecule has 0 saturated heterocycles. The molecule has 0 N–H and O–H groups in total. The van der Waals surface area contributed by atoms with Gasteiger partial charge in [0.2, 0.25) is 0 Å². The molecular weight excluding hydrogens is 393 g/mol. The fourth-order valence-corrected chi connectivity index (χ4v) is 5.46. The lowest BCUT2D eigenvalue weighted by molar-refractivity contribution is -0.0809. The summed E-state index contributed by atoms with van der Waals surface area (Å²) in [6, 6.07) is 13.2. The molecule has 1 unspecified atom stereocenters. The molecule has 2 aromatic carbocycles. The van der Waals surface area contributed by atoms with E-state index < -0.39 is 12.1 Å². The molecule has 0 heterocycles. The molecule has 2 aliphatic rings. The third kappa shape index (κ3) is 5.02. The van der Waals surface area contributed by atoms with Crippen LogP contribution in [0, 0.1) is 11.8 Å². The molecule has 2 saturated carbocycles. The van der Waals surface area contributed by atoms with Crippen molar-refractivity contribution in [2.45, 2.75) is 89.1 Å². The Bertz CT molecular complexity index is 824. The zero-order valence-corrected chi connectivity index (χ0v) is 18.8. The lowest BCUT2D eigenvalue weighted by Crippen LogP contribution is -2.21. The first-order valence-corrected chi connectivity index (χ1v) is 12.1. The maximum atomic E-state index is 15.0. The minimum atomic E-state index is -3.54. The second-order valence-electron chi connectivity index (χ2n) is 10.2. The van der Waals surface area contributed by atoms with Crippen LogP contribution in [-0.4, -0.2) is 0 Å². The van der Waals surface area contributed by atoms with Gasteiger partial charge in [-0.25, -0.2) is 4.39 Å². The third-order valence-corrected chi connectivity index (χ3v) is 7.82. The van der Waals surface area contributed by atoms with E-state index in [1.165, 1.54) is 37.8 Å². The van der Waals surface area contributed by atoms with Gasteiger partial charge in [0.25, 0.3) is 0 Å². The molecule has 31 heavy (non-hydrogen) atoms. The van der Waals surface area contributed by atoms with Gasteiger partial charge in [-0.1, -0.05) is 88.1 Å². The SMILES string of the molecule is CC1CCC(c2ccc(C(F)C(F)(F)c3ccc(C4CCC(C)CC4)cc3)cc2)CC1. The molecule has 4 rings (SSSR count). The minimum absolute atomic E-state index is 0.0586. The van der Waals surface area contributed by atoms with Gasteiger partial charge in [-0.3, -0.25) is 0 Å². The average Bonchev–Trinajstić information content (AvgIpc) is 2.80. The van der Waals surface area contributed by atoms with Crippen molar-refractivity contribution in [3.05, 3.63) is 70.8 Å². The Morgan fingerprint density at radius 2 is 1.03 bits per heavy atom. The van der Waals surface area contributed by atoms with Gasteiger partial charge in [0.1, 0.15) is 0 Å². The quantitative estimate of drug-likeness (QED) is 0.445. The van der Waals surface area contributed by atoms with Gasteiger partial charge in [0, 0.05) is 5.56 Å². The minimum Gasteiger partial charge on any atom is -0.235 e. The first-order chi connectivity index (χ1) is 14.8. The summed E-state index contributed by atoms with van der Waals surface area (Å²) < 4.78 is 44.9. The summed E-state index contributed by atoms with van der Waals surface area (Å²) >= 11 is 0. The van der Waals surface area contributed by atoms with E-state index in [0.29, 0.717) is 11.8 Å². The highest BCUT2D eigenvalue weighted by Crippen LogP contribution is 2.45. The van der Waals surface area contributed by atoms with Crippen LogP contribution in [0.5, 0.6) is 0 Å². The van der Waals surface area contributed by atoms with Crippen LogP contribution in [0.3, 0.4) is 0 Å². The topological polar surface area (TPSA) is 0 Å². The van der Waals surface area contributed by atoms with Gasteiger partial charge in [-0.05, 0) is 66.0 Å². The summed E-state index contributed by atoms with van der Waals surface area (Å²) in [6.45, 7) is 4.54. The third-order valence-electron chi connectivity index (χ3n) is 7.82. The Labute approximate surface area is 185 Å². The number of rotatable bonds is 5. The molecule has 1 atom stereocenters. The monoisotopic (exact) mass is 428 g/mol. The number of alkyl halides is 3. The van der Waals surface area contributed by atoms with E-state index in [2.05, 4.69) is 13.8 Å². The molecule has 0 spiro atoms. The summed E-state index contributed by atoms with van der Waals surface area (Å²) in [5, 5.41) is 0. The Morgan fingerprint density at radius 1 is 0.645 bits per heavy atom. The predicted molar refractivity (Wildman–Crippen MR) is 121 cm³/mol. The highest BCUT2D eigenvalue weighted by molar-refractivity contribution is 5.33. The van der Waals surface area contributed by atoms with E-state index >= 15 is 0 Å². The second-order valence-corrected chi connectivity index (χ2v) is 10.2. The van der Waals surface area contributed by atoms with E-state index in [-0.39, 0.29) is 11.1 Å². The van der Waals surface area contributed by atoms with Gasteiger partial charge in [-0.2, -0.15) is 8.78 Å². The van der Waals surface area contributed by atoms with E-state index in [0.717, 1.165) is 48.6 Å². The van der Waals surface area contributed by atoms with Crippen molar-refractivity contribution in [3.63, 3.8) is 0 Å². The van der Waals surface area contributed by atoms with E-state index in [4.69, 9.17) is 0 Å². The standard InChI is InChI=1S/C28H35F3/c1-19-3-7-21(8-4-19)23-11-13-25(14-12-23)27(29)28(30,31)26-17-15-24(16-18-26)22-9-5-20(2)6-10-22/h11-22,27H,3-10H2,1-2H3. The van der Waals surface area contributed by atoms with Crippen LogP contribution in [0.1, 0.15) is 105 Å². The highest BCUT2D eigenvalue weighted by Gasteiger charge is 2.43.